The Kier molecular flexibility index (Phi) is 8.74. The Labute approximate surface area is 109 Å². The van der Waals surface area contributed by atoms with Gasteiger partial charge in [0, 0.05) is 0 Å². The van der Waals surface area contributed by atoms with E-state index < -0.39 is 29.7 Å². The molecule has 0 aromatic rings. The van der Waals surface area contributed by atoms with Crippen LogP contribution in [-0.2, 0) is 19.1 Å². The molecule has 19 heavy (non-hydrogen) atoms. The number of nitrogens with two attached hydrogens (primary N) is 1. The first kappa shape index (κ1) is 17.5. The standard InChI is InChI=1S/C9H18N2O8/c1-6(7(10)8(12)13)19-9(14)17-4-2-3-5-18-11(15)16/h6-7,15-16H,2-5,10H2,1H3,(H,12,13). The summed E-state index contributed by atoms with van der Waals surface area (Å²) < 4.78 is 9.28. The van der Waals surface area contributed by atoms with Gasteiger partial charge in [0.25, 0.3) is 0 Å². The fraction of sp³-hybridized carbons (Fsp3) is 0.778. The topological polar surface area (TPSA) is 152 Å². The lowest BCUT2D eigenvalue weighted by Gasteiger charge is -2.16. The maximum absolute atomic E-state index is 11.1. The molecule has 0 aliphatic rings. The van der Waals surface area contributed by atoms with Crippen molar-refractivity contribution in [1.29, 1.82) is 0 Å². The highest BCUT2D eigenvalue weighted by atomic mass is 17.1. The molecule has 0 aromatic carbocycles. The number of nitrogens with zero attached hydrogens (tertiary/aromatic N) is 1. The van der Waals surface area contributed by atoms with Crippen LogP contribution in [0, 0.1) is 0 Å². The first-order chi connectivity index (χ1) is 8.84. The number of hydrogen-bond donors (Lipinski definition) is 4. The van der Waals surface area contributed by atoms with E-state index in [2.05, 4.69) is 14.3 Å². The number of carboxylic acid groups (broad SMARTS) is 1. The molecule has 0 aliphatic carbocycles. The molecule has 5 N–H and O–H groups in total. The first-order valence-electron chi connectivity index (χ1n) is 5.47. The second-order valence-electron chi connectivity index (χ2n) is 3.58. The fourth-order valence-electron chi connectivity index (χ4n) is 0.966. The molecular formula is C9H18N2O8. The van der Waals surface area contributed by atoms with Gasteiger partial charge in [-0.2, -0.15) is 0 Å². The van der Waals surface area contributed by atoms with Crippen LogP contribution < -0.4 is 5.73 Å². The molecule has 0 saturated heterocycles. The summed E-state index contributed by atoms with van der Waals surface area (Å²) in [6.07, 6.45) is -1.21. The summed E-state index contributed by atoms with van der Waals surface area (Å²) >= 11 is 0. The molecule has 0 rings (SSSR count). The number of carbonyl (C=O) groups excluding carboxylic acids is 1. The Hall–Kier alpha value is -1.46. The molecule has 10 heteroatoms. The Balaban J connectivity index is 3.62. The van der Waals surface area contributed by atoms with Gasteiger partial charge in [0.15, 0.2) is 0 Å². The van der Waals surface area contributed by atoms with Crippen LogP contribution in [0.5, 0.6) is 0 Å². The van der Waals surface area contributed by atoms with Crippen LogP contribution in [0.15, 0.2) is 0 Å². The van der Waals surface area contributed by atoms with Crippen LogP contribution in [-0.4, -0.2) is 58.4 Å². The van der Waals surface area contributed by atoms with Crippen LogP contribution in [0.3, 0.4) is 0 Å². The predicted molar refractivity (Wildman–Crippen MR) is 58.1 cm³/mol. The summed E-state index contributed by atoms with van der Waals surface area (Å²) in [7, 11) is 0. The van der Waals surface area contributed by atoms with Gasteiger partial charge >= 0.3 is 12.1 Å². The molecule has 0 aliphatic heterocycles. The number of ether oxygens (including phenoxy) is 2. The highest BCUT2D eigenvalue weighted by Crippen LogP contribution is 2.00. The van der Waals surface area contributed by atoms with Gasteiger partial charge < -0.3 is 20.3 Å². The molecule has 0 saturated carbocycles. The molecule has 2 unspecified atom stereocenters. The Morgan fingerprint density at radius 3 is 2.37 bits per heavy atom. The van der Waals surface area contributed by atoms with Gasteiger partial charge in [0.05, 0.1) is 18.6 Å². The third-order valence-electron chi connectivity index (χ3n) is 2.04. The highest BCUT2D eigenvalue weighted by molar-refractivity contribution is 5.74. The third kappa shape index (κ3) is 9.16. The zero-order valence-corrected chi connectivity index (χ0v) is 10.4. The van der Waals surface area contributed by atoms with Crippen LogP contribution in [0.2, 0.25) is 0 Å². The van der Waals surface area contributed by atoms with Crippen molar-refractivity contribution >= 4 is 12.1 Å². The normalized spacial score (nSPS) is 13.9. The molecule has 112 valence electrons. The van der Waals surface area contributed by atoms with Gasteiger partial charge in [-0.05, 0) is 19.8 Å². The van der Waals surface area contributed by atoms with E-state index >= 15 is 0 Å². The number of hydrogen-bond acceptors (Lipinski definition) is 9. The van der Waals surface area contributed by atoms with Gasteiger partial charge in [-0.25, -0.2) is 4.79 Å². The summed E-state index contributed by atoms with van der Waals surface area (Å²) in [4.78, 5) is 25.9. The molecule has 0 amide bonds. The van der Waals surface area contributed by atoms with Crippen molar-refractivity contribution in [1.82, 2.24) is 5.39 Å². The maximum Gasteiger partial charge on any atom is 0.508 e. The van der Waals surface area contributed by atoms with E-state index in [9.17, 15) is 9.59 Å². The van der Waals surface area contributed by atoms with E-state index in [0.717, 1.165) is 0 Å². The lowest BCUT2D eigenvalue weighted by atomic mass is 10.2. The highest BCUT2D eigenvalue weighted by Gasteiger charge is 2.24. The third-order valence-corrected chi connectivity index (χ3v) is 2.04. The summed E-state index contributed by atoms with van der Waals surface area (Å²) in [6, 6.07) is -1.32. The van der Waals surface area contributed by atoms with Crippen molar-refractivity contribution in [3.8, 4) is 0 Å². The van der Waals surface area contributed by atoms with Gasteiger partial charge in [-0.3, -0.25) is 20.0 Å². The average Bonchev–Trinajstić information content (AvgIpc) is 2.31. The second-order valence-corrected chi connectivity index (χ2v) is 3.58. The number of rotatable bonds is 9. The summed E-state index contributed by atoms with van der Waals surface area (Å²) in [5.41, 5.74) is 5.23. The van der Waals surface area contributed by atoms with Crippen LogP contribution in [0.4, 0.5) is 4.79 Å². The average molecular weight is 282 g/mol. The zero-order valence-electron chi connectivity index (χ0n) is 10.4. The number of carboxylic acids is 1. The predicted octanol–water partition coefficient (Wildman–Crippen LogP) is -0.268. The molecule has 10 nitrogen and oxygen atoms in total. The number of unbranched alkanes of at least 4 members (excludes halogenated alkanes) is 1. The van der Waals surface area contributed by atoms with Crippen molar-refractivity contribution in [3.05, 3.63) is 0 Å². The zero-order chi connectivity index (χ0) is 14.8. The van der Waals surface area contributed by atoms with E-state index in [0.29, 0.717) is 12.8 Å². The van der Waals surface area contributed by atoms with Crippen molar-refractivity contribution in [2.24, 2.45) is 5.73 Å². The lowest BCUT2D eigenvalue weighted by molar-refractivity contribution is -0.492. The molecule has 0 bridgehead atoms. The molecule has 0 spiro atoms. The van der Waals surface area contributed by atoms with E-state index in [1.165, 1.54) is 6.92 Å². The monoisotopic (exact) mass is 282 g/mol. The summed E-state index contributed by atoms with van der Waals surface area (Å²) in [6.45, 7) is 1.39. The van der Waals surface area contributed by atoms with E-state index in [4.69, 9.17) is 21.3 Å². The van der Waals surface area contributed by atoms with Gasteiger partial charge in [0.1, 0.15) is 12.1 Å². The maximum atomic E-state index is 11.1. The Morgan fingerprint density at radius 2 is 1.84 bits per heavy atom. The largest absolute Gasteiger partial charge is 0.508 e. The van der Waals surface area contributed by atoms with Gasteiger partial charge in [0.2, 0.25) is 0 Å². The van der Waals surface area contributed by atoms with Crippen LogP contribution >= 0.6 is 0 Å². The fourth-order valence-corrected chi connectivity index (χ4v) is 0.966. The van der Waals surface area contributed by atoms with Crippen molar-refractivity contribution in [3.63, 3.8) is 0 Å². The van der Waals surface area contributed by atoms with Crippen molar-refractivity contribution in [2.45, 2.75) is 31.9 Å². The molecular weight excluding hydrogens is 264 g/mol. The minimum absolute atomic E-state index is 0.0219. The van der Waals surface area contributed by atoms with Gasteiger partial charge in [-0.15, -0.1) is 0 Å². The Morgan fingerprint density at radius 1 is 1.26 bits per heavy atom. The SMILES string of the molecule is CC(OC(=O)OCCCCON(O)O)C(N)C(=O)O. The minimum Gasteiger partial charge on any atom is -0.480 e. The molecule has 0 radical (unpaired) electrons. The lowest BCUT2D eigenvalue weighted by Crippen LogP contribution is -2.42. The number of carbonyl (C=O) groups is 2. The smallest absolute Gasteiger partial charge is 0.480 e. The van der Waals surface area contributed by atoms with Crippen LogP contribution in [0.1, 0.15) is 19.8 Å². The second kappa shape index (κ2) is 9.47. The quantitative estimate of drug-likeness (QED) is 0.252. The van der Waals surface area contributed by atoms with E-state index in [1.54, 1.807) is 0 Å². The Bertz CT molecular complexity index is 285. The molecule has 0 heterocycles. The van der Waals surface area contributed by atoms with E-state index in [1.807, 2.05) is 0 Å². The minimum atomic E-state index is -1.32. The number of aliphatic carboxylic acids is 1. The summed E-state index contributed by atoms with van der Waals surface area (Å²) in [5, 5.41) is 24.5. The molecule has 2 atom stereocenters. The molecule has 0 fully saturated rings. The van der Waals surface area contributed by atoms with Crippen molar-refractivity contribution < 1.29 is 39.4 Å². The van der Waals surface area contributed by atoms with Crippen LogP contribution in [0.25, 0.3) is 0 Å². The first-order valence-corrected chi connectivity index (χ1v) is 5.47. The van der Waals surface area contributed by atoms with Crippen molar-refractivity contribution in [2.75, 3.05) is 13.2 Å². The van der Waals surface area contributed by atoms with Gasteiger partial charge in [-0.1, -0.05) is 0 Å². The summed E-state index contributed by atoms with van der Waals surface area (Å²) in [5.74, 6) is -1.28. The molecule has 0 aromatic heterocycles. The van der Waals surface area contributed by atoms with E-state index in [-0.39, 0.29) is 13.2 Å².